The molecule has 2 aromatic carbocycles. The van der Waals surface area contributed by atoms with Crippen molar-refractivity contribution in [2.45, 2.75) is 4.34 Å². The molecule has 25 heavy (non-hydrogen) atoms. The van der Waals surface area contributed by atoms with Crippen LogP contribution >= 0.6 is 23.1 Å². The van der Waals surface area contributed by atoms with Gasteiger partial charge in [0.2, 0.25) is 0 Å². The average molecular weight is 372 g/mol. The van der Waals surface area contributed by atoms with Crippen LogP contribution in [0.2, 0.25) is 0 Å². The predicted molar refractivity (Wildman–Crippen MR) is 99.2 cm³/mol. The molecule has 3 rings (SSSR count). The van der Waals surface area contributed by atoms with Crippen molar-refractivity contribution in [2.24, 2.45) is 5.10 Å². The molecule has 126 valence electrons. The molecule has 0 aliphatic rings. The summed E-state index contributed by atoms with van der Waals surface area (Å²) in [6, 6.07) is 13.8. The van der Waals surface area contributed by atoms with Gasteiger partial charge < -0.3 is 0 Å². The molecular weight excluding hydrogens is 360 g/mol. The molecule has 0 saturated carbocycles. The number of thiazole rings is 1. The number of amides is 1. The van der Waals surface area contributed by atoms with Gasteiger partial charge in [-0.05, 0) is 12.1 Å². The molecule has 7 nitrogen and oxygen atoms in total. The first-order valence-corrected chi connectivity index (χ1v) is 8.97. The number of hydrogen-bond donors (Lipinski definition) is 1. The lowest BCUT2D eigenvalue weighted by Crippen LogP contribution is -2.19. The van der Waals surface area contributed by atoms with Gasteiger partial charge >= 0.3 is 0 Å². The number of carbonyl (C=O) groups excluding carboxylic acids is 1. The zero-order chi connectivity index (χ0) is 17.6. The Hall–Kier alpha value is -2.78. The SMILES string of the molecule is O=C(CSc1nc2ccccc2s1)N/N=C/c1cccc([N+](=O)[O-])c1. The summed E-state index contributed by atoms with van der Waals surface area (Å²) < 4.78 is 1.90. The summed E-state index contributed by atoms with van der Waals surface area (Å²) in [4.78, 5) is 26.5. The van der Waals surface area contributed by atoms with E-state index >= 15 is 0 Å². The molecule has 1 amide bonds. The van der Waals surface area contributed by atoms with Gasteiger partial charge in [-0.3, -0.25) is 14.9 Å². The largest absolute Gasteiger partial charge is 0.272 e. The van der Waals surface area contributed by atoms with Crippen LogP contribution in [-0.4, -0.2) is 27.8 Å². The van der Waals surface area contributed by atoms with E-state index in [1.54, 1.807) is 12.1 Å². The fraction of sp³-hybridized carbons (Fsp3) is 0.0625. The monoisotopic (exact) mass is 372 g/mol. The Morgan fingerprint density at radius 2 is 2.16 bits per heavy atom. The summed E-state index contributed by atoms with van der Waals surface area (Å²) in [5, 5.41) is 14.5. The van der Waals surface area contributed by atoms with Gasteiger partial charge in [0.1, 0.15) is 0 Å². The summed E-state index contributed by atoms with van der Waals surface area (Å²) >= 11 is 2.87. The van der Waals surface area contributed by atoms with Gasteiger partial charge in [0.05, 0.1) is 27.1 Å². The van der Waals surface area contributed by atoms with E-state index in [1.807, 2.05) is 24.3 Å². The number of nitro groups is 1. The van der Waals surface area contributed by atoms with Crippen LogP contribution in [-0.2, 0) is 4.79 Å². The molecule has 1 aromatic heterocycles. The topological polar surface area (TPSA) is 97.5 Å². The zero-order valence-corrected chi connectivity index (χ0v) is 14.4. The lowest BCUT2D eigenvalue weighted by atomic mass is 10.2. The summed E-state index contributed by atoms with van der Waals surface area (Å²) in [6.07, 6.45) is 1.37. The van der Waals surface area contributed by atoms with E-state index in [9.17, 15) is 14.9 Å². The van der Waals surface area contributed by atoms with E-state index in [1.165, 1.54) is 41.4 Å². The van der Waals surface area contributed by atoms with Crippen molar-refractivity contribution in [3.63, 3.8) is 0 Å². The first-order valence-electron chi connectivity index (χ1n) is 7.16. The Labute approximate surface area is 150 Å². The smallest absolute Gasteiger partial charge is 0.270 e. The Morgan fingerprint density at radius 1 is 1.32 bits per heavy atom. The summed E-state index contributed by atoms with van der Waals surface area (Å²) in [5.41, 5.74) is 3.83. The zero-order valence-electron chi connectivity index (χ0n) is 12.8. The maximum Gasteiger partial charge on any atom is 0.270 e. The molecule has 1 heterocycles. The molecule has 0 spiro atoms. The van der Waals surface area contributed by atoms with E-state index in [0.717, 1.165) is 14.6 Å². The van der Waals surface area contributed by atoms with E-state index in [0.29, 0.717) is 5.56 Å². The van der Waals surface area contributed by atoms with Crippen LogP contribution in [0.25, 0.3) is 10.2 Å². The van der Waals surface area contributed by atoms with Crippen LogP contribution in [0.15, 0.2) is 58.0 Å². The minimum atomic E-state index is -0.482. The van der Waals surface area contributed by atoms with Crippen LogP contribution < -0.4 is 5.43 Å². The summed E-state index contributed by atoms with van der Waals surface area (Å²) in [6.45, 7) is 0. The third-order valence-corrected chi connectivity index (χ3v) is 5.26. The number of fused-ring (bicyclic) bond motifs is 1. The van der Waals surface area contributed by atoms with Crippen LogP contribution in [0.5, 0.6) is 0 Å². The highest BCUT2D eigenvalue weighted by Crippen LogP contribution is 2.28. The molecule has 0 bridgehead atoms. The van der Waals surface area contributed by atoms with Crippen LogP contribution in [0.1, 0.15) is 5.56 Å². The third kappa shape index (κ3) is 4.61. The number of thioether (sulfide) groups is 1. The van der Waals surface area contributed by atoms with E-state index in [4.69, 9.17) is 0 Å². The lowest BCUT2D eigenvalue weighted by Gasteiger charge is -1.98. The fourth-order valence-electron chi connectivity index (χ4n) is 1.97. The maximum atomic E-state index is 11.8. The quantitative estimate of drug-likeness (QED) is 0.309. The number of aromatic nitrogens is 1. The Kier molecular flexibility index (Phi) is 5.36. The number of nitro benzene ring substituents is 1. The summed E-state index contributed by atoms with van der Waals surface area (Å²) in [7, 11) is 0. The van der Waals surface area contributed by atoms with Crippen molar-refractivity contribution in [1.29, 1.82) is 0 Å². The number of non-ortho nitro benzene ring substituents is 1. The number of hydrogen-bond acceptors (Lipinski definition) is 7. The first-order chi connectivity index (χ1) is 12.1. The Bertz CT molecular complexity index is 922. The van der Waals surface area contributed by atoms with Gasteiger partial charge in [-0.1, -0.05) is 36.0 Å². The van der Waals surface area contributed by atoms with Crippen molar-refractivity contribution in [2.75, 3.05) is 5.75 Å². The molecule has 0 atom stereocenters. The molecular formula is C16H12N4O3S2. The molecule has 0 radical (unpaired) electrons. The fourth-order valence-corrected chi connectivity index (χ4v) is 3.83. The molecule has 1 N–H and O–H groups in total. The van der Waals surface area contributed by atoms with Gasteiger partial charge in [-0.15, -0.1) is 11.3 Å². The number of hydrazone groups is 1. The van der Waals surface area contributed by atoms with Crippen molar-refractivity contribution in [3.8, 4) is 0 Å². The number of para-hydroxylation sites is 1. The molecule has 9 heteroatoms. The van der Waals surface area contributed by atoms with Crippen molar-refractivity contribution in [3.05, 3.63) is 64.2 Å². The summed E-state index contributed by atoms with van der Waals surface area (Å²) in [5.74, 6) is -0.0857. The minimum absolute atomic E-state index is 0.0262. The molecule has 0 unspecified atom stereocenters. The van der Waals surface area contributed by atoms with Gasteiger partial charge in [0.25, 0.3) is 11.6 Å². The predicted octanol–water partition coefficient (Wildman–Crippen LogP) is 3.45. The highest BCUT2D eigenvalue weighted by molar-refractivity contribution is 8.01. The second-order valence-electron chi connectivity index (χ2n) is 4.88. The van der Waals surface area contributed by atoms with Crippen molar-refractivity contribution < 1.29 is 9.72 Å². The molecule has 0 aliphatic carbocycles. The number of nitrogens with one attached hydrogen (secondary N) is 1. The molecule has 0 saturated heterocycles. The standard InChI is InChI=1S/C16H12N4O3S2/c21-15(10-24-16-18-13-6-1-2-7-14(13)25-16)19-17-9-11-4-3-5-12(8-11)20(22)23/h1-9H,10H2,(H,19,21)/b17-9+. The third-order valence-electron chi connectivity index (χ3n) is 3.08. The number of nitrogens with zero attached hydrogens (tertiary/aromatic N) is 3. The van der Waals surface area contributed by atoms with E-state index in [2.05, 4.69) is 15.5 Å². The number of carbonyl (C=O) groups is 1. The minimum Gasteiger partial charge on any atom is -0.272 e. The maximum absolute atomic E-state index is 11.8. The lowest BCUT2D eigenvalue weighted by molar-refractivity contribution is -0.384. The number of rotatable bonds is 6. The second kappa shape index (κ2) is 7.86. The van der Waals surface area contributed by atoms with E-state index in [-0.39, 0.29) is 17.3 Å². The molecule has 0 aliphatic heterocycles. The second-order valence-corrected chi connectivity index (χ2v) is 7.13. The number of benzene rings is 2. The average Bonchev–Trinajstić information content (AvgIpc) is 3.03. The van der Waals surface area contributed by atoms with Gasteiger partial charge in [-0.25, -0.2) is 10.4 Å². The van der Waals surface area contributed by atoms with Gasteiger partial charge in [0.15, 0.2) is 4.34 Å². The Morgan fingerprint density at radius 3 is 2.96 bits per heavy atom. The van der Waals surface area contributed by atoms with Crippen molar-refractivity contribution >= 4 is 51.1 Å². The van der Waals surface area contributed by atoms with E-state index < -0.39 is 4.92 Å². The van der Waals surface area contributed by atoms with Gasteiger partial charge in [-0.2, -0.15) is 5.10 Å². The normalized spacial score (nSPS) is 11.0. The van der Waals surface area contributed by atoms with Gasteiger partial charge in [0, 0.05) is 17.7 Å². The highest BCUT2D eigenvalue weighted by atomic mass is 32.2. The van der Waals surface area contributed by atoms with Crippen LogP contribution in [0.4, 0.5) is 5.69 Å². The Balaban J connectivity index is 1.52. The van der Waals surface area contributed by atoms with Crippen molar-refractivity contribution in [1.82, 2.24) is 10.4 Å². The highest BCUT2D eigenvalue weighted by Gasteiger charge is 2.07. The molecule has 3 aromatic rings. The molecule has 0 fully saturated rings. The first kappa shape index (κ1) is 17.1. The van der Waals surface area contributed by atoms with Crippen LogP contribution in [0.3, 0.4) is 0 Å². The van der Waals surface area contributed by atoms with Crippen LogP contribution in [0, 0.1) is 10.1 Å².